The number of nitrogens with one attached hydrogen (secondary N) is 3. The molecule has 0 saturated carbocycles. The van der Waals surface area contributed by atoms with Gasteiger partial charge in [-0.05, 0) is 52.6 Å². The molecule has 1 aromatic carbocycles. The number of aliphatic imine (C=N–C) groups is 1. The Morgan fingerprint density at radius 2 is 2.00 bits per heavy atom. The molecule has 1 aromatic rings. The van der Waals surface area contributed by atoms with Crippen molar-refractivity contribution in [1.82, 2.24) is 20.9 Å². The van der Waals surface area contributed by atoms with Crippen LogP contribution in [0.2, 0.25) is 0 Å². The van der Waals surface area contributed by atoms with Crippen LogP contribution in [0.15, 0.2) is 35.3 Å². The molecule has 1 atom stereocenters. The molecule has 1 aliphatic rings. The summed E-state index contributed by atoms with van der Waals surface area (Å²) in [5.74, 6) is 0.940. The van der Waals surface area contributed by atoms with Crippen molar-refractivity contribution in [2.45, 2.75) is 58.7 Å². The van der Waals surface area contributed by atoms with Gasteiger partial charge in [0.05, 0.1) is 6.54 Å². The lowest BCUT2D eigenvalue weighted by molar-refractivity contribution is 0.192. The zero-order chi connectivity index (χ0) is 18.8. The highest BCUT2D eigenvalue weighted by atomic mass is 15.2. The molecule has 5 nitrogen and oxygen atoms in total. The zero-order valence-electron chi connectivity index (χ0n) is 17.0. The van der Waals surface area contributed by atoms with E-state index in [-0.39, 0.29) is 5.54 Å². The zero-order valence-corrected chi connectivity index (χ0v) is 17.0. The summed E-state index contributed by atoms with van der Waals surface area (Å²) in [5, 5.41) is 10.5. The van der Waals surface area contributed by atoms with Crippen molar-refractivity contribution < 1.29 is 0 Å². The molecule has 0 spiro atoms. The van der Waals surface area contributed by atoms with E-state index in [1.807, 2.05) is 0 Å². The van der Waals surface area contributed by atoms with Crippen molar-refractivity contribution in [2.75, 3.05) is 32.7 Å². The van der Waals surface area contributed by atoms with Gasteiger partial charge in [-0.1, -0.05) is 30.3 Å². The summed E-state index contributed by atoms with van der Waals surface area (Å²) < 4.78 is 0. The number of nitrogens with zero attached hydrogens (tertiary/aromatic N) is 2. The first-order chi connectivity index (χ1) is 12.5. The Morgan fingerprint density at radius 1 is 1.23 bits per heavy atom. The number of rotatable bonds is 7. The molecule has 1 unspecified atom stereocenters. The van der Waals surface area contributed by atoms with Gasteiger partial charge in [0.25, 0.3) is 0 Å². The van der Waals surface area contributed by atoms with E-state index in [0.29, 0.717) is 6.04 Å². The fourth-order valence-electron chi connectivity index (χ4n) is 3.27. The molecule has 26 heavy (non-hydrogen) atoms. The van der Waals surface area contributed by atoms with Crippen LogP contribution in [0, 0.1) is 0 Å². The largest absolute Gasteiger partial charge is 0.357 e. The van der Waals surface area contributed by atoms with Crippen LogP contribution in [0.25, 0.3) is 0 Å². The van der Waals surface area contributed by atoms with Gasteiger partial charge in [0, 0.05) is 37.8 Å². The number of hydrogen-bond donors (Lipinski definition) is 3. The van der Waals surface area contributed by atoms with E-state index in [1.54, 1.807) is 0 Å². The first kappa shape index (κ1) is 20.7. The third kappa shape index (κ3) is 8.19. The summed E-state index contributed by atoms with van der Waals surface area (Å²) in [6, 6.07) is 11.2. The predicted molar refractivity (Wildman–Crippen MR) is 112 cm³/mol. The highest BCUT2D eigenvalue weighted by Crippen LogP contribution is 2.13. The number of piperidine rings is 1. The Bertz CT molecular complexity index is 535. The molecule has 1 aliphatic heterocycles. The molecule has 146 valence electrons. The van der Waals surface area contributed by atoms with Gasteiger partial charge in [-0.2, -0.15) is 0 Å². The van der Waals surface area contributed by atoms with Gasteiger partial charge in [-0.3, -0.25) is 9.89 Å². The minimum Gasteiger partial charge on any atom is -0.357 e. The molecular weight excluding hydrogens is 322 g/mol. The molecule has 1 saturated heterocycles. The van der Waals surface area contributed by atoms with E-state index in [2.05, 4.69) is 78.9 Å². The van der Waals surface area contributed by atoms with Crippen LogP contribution in [0.5, 0.6) is 0 Å². The average molecular weight is 360 g/mol. The molecule has 5 heteroatoms. The lowest BCUT2D eigenvalue weighted by atomic mass is 10.0. The van der Waals surface area contributed by atoms with Crippen molar-refractivity contribution in [3.63, 3.8) is 0 Å². The maximum absolute atomic E-state index is 4.73. The Labute approximate surface area is 159 Å². The average Bonchev–Trinajstić information content (AvgIpc) is 2.59. The molecule has 0 amide bonds. The normalized spacial score (nSPS) is 19.4. The second-order valence-corrected chi connectivity index (χ2v) is 8.14. The monoisotopic (exact) mass is 359 g/mol. The van der Waals surface area contributed by atoms with Crippen molar-refractivity contribution in [3.8, 4) is 0 Å². The predicted octanol–water partition coefficient (Wildman–Crippen LogP) is 2.59. The SMILES string of the molecule is CCNC(=NCCNC(C)(C)C)NC1CCCN(Cc2ccccc2)C1. The summed E-state index contributed by atoms with van der Waals surface area (Å²) >= 11 is 0. The van der Waals surface area contributed by atoms with Crippen LogP contribution < -0.4 is 16.0 Å². The fraction of sp³-hybridized carbons (Fsp3) is 0.667. The number of guanidine groups is 1. The first-order valence-electron chi connectivity index (χ1n) is 10.0. The fourth-order valence-corrected chi connectivity index (χ4v) is 3.27. The van der Waals surface area contributed by atoms with Gasteiger partial charge in [-0.15, -0.1) is 0 Å². The topological polar surface area (TPSA) is 51.7 Å². The Balaban J connectivity index is 1.82. The van der Waals surface area contributed by atoms with Gasteiger partial charge < -0.3 is 16.0 Å². The minimum absolute atomic E-state index is 0.141. The number of hydrogen-bond acceptors (Lipinski definition) is 3. The molecule has 0 bridgehead atoms. The van der Waals surface area contributed by atoms with E-state index in [4.69, 9.17) is 4.99 Å². The number of benzene rings is 1. The Kier molecular flexibility index (Phi) is 8.39. The third-order valence-electron chi connectivity index (χ3n) is 4.48. The van der Waals surface area contributed by atoms with Gasteiger partial charge >= 0.3 is 0 Å². The van der Waals surface area contributed by atoms with Crippen molar-refractivity contribution in [2.24, 2.45) is 4.99 Å². The molecule has 1 fully saturated rings. The van der Waals surface area contributed by atoms with E-state index < -0.39 is 0 Å². The smallest absolute Gasteiger partial charge is 0.191 e. The molecule has 0 aromatic heterocycles. The Morgan fingerprint density at radius 3 is 2.69 bits per heavy atom. The van der Waals surface area contributed by atoms with Crippen LogP contribution >= 0.6 is 0 Å². The van der Waals surface area contributed by atoms with Crippen LogP contribution in [-0.2, 0) is 6.54 Å². The van der Waals surface area contributed by atoms with E-state index in [9.17, 15) is 0 Å². The van der Waals surface area contributed by atoms with Gasteiger partial charge in [-0.25, -0.2) is 0 Å². The maximum Gasteiger partial charge on any atom is 0.191 e. The Hall–Kier alpha value is -1.59. The second-order valence-electron chi connectivity index (χ2n) is 8.14. The highest BCUT2D eigenvalue weighted by molar-refractivity contribution is 5.80. The first-order valence-corrected chi connectivity index (χ1v) is 10.0. The highest BCUT2D eigenvalue weighted by Gasteiger charge is 2.20. The summed E-state index contributed by atoms with van der Waals surface area (Å²) in [6.07, 6.45) is 2.44. The lowest BCUT2D eigenvalue weighted by Crippen LogP contribution is -2.51. The van der Waals surface area contributed by atoms with Crippen LogP contribution in [0.1, 0.15) is 46.1 Å². The van der Waals surface area contributed by atoms with E-state index in [0.717, 1.165) is 38.7 Å². The molecule has 2 rings (SSSR count). The van der Waals surface area contributed by atoms with Gasteiger partial charge in [0.1, 0.15) is 0 Å². The molecule has 1 heterocycles. The van der Waals surface area contributed by atoms with Gasteiger partial charge in [0.2, 0.25) is 0 Å². The second kappa shape index (κ2) is 10.5. The van der Waals surface area contributed by atoms with Crippen LogP contribution in [0.4, 0.5) is 0 Å². The minimum atomic E-state index is 0.141. The molecule has 3 N–H and O–H groups in total. The van der Waals surface area contributed by atoms with Crippen LogP contribution in [0.3, 0.4) is 0 Å². The van der Waals surface area contributed by atoms with Crippen molar-refractivity contribution in [3.05, 3.63) is 35.9 Å². The summed E-state index contributed by atoms with van der Waals surface area (Å²) in [7, 11) is 0. The summed E-state index contributed by atoms with van der Waals surface area (Å²) in [5.41, 5.74) is 1.53. The lowest BCUT2D eigenvalue weighted by Gasteiger charge is -2.34. The van der Waals surface area contributed by atoms with Crippen molar-refractivity contribution >= 4 is 5.96 Å². The molecular formula is C21H37N5. The molecule has 0 radical (unpaired) electrons. The maximum atomic E-state index is 4.73. The summed E-state index contributed by atoms with van der Waals surface area (Å²) in [6.45, 7) is 14.5. The standard InChI is InChI=1S/C21H37N5/c1-5-22-20(23-13-14-24-21(2,3)4)25-19-12-9-15-26(17-19)16-18-10-7-6-8-11-18/h6-8,10-11,19,24H,5,9,12-17H2,1-4H3,(H2,22,23,25). The summed E-state index contributed by atoms with van der Waals surface area (Å²) in [4.78, 5) is 7.28. The van der Waals surface area contributed by atoms with Crippen molar-refractivity contribution in [1.29, 1.82) is 0 Å². The van der Waals surface area contributed by atoms with Gasteiger partial charge in [0.15, 0.2) is 5.96 Å². The molecule has 0 aliphatic carbocycles. The third-order valence-corrected chi connectivity index (χ3v) is 4.48. The number of likely N-dealkylation sites (tertiary alicyclic amines) is 1. The quantitative estimate of drug-likeness (QED) is 0.398. The van der Waals surface area contributed by atoms with Crippen LogP contribution in [-0.4, -0.2) is 55.2 Å². The van der Waals surface area contributed by atoms with E-state index in [1.165, 1.54) is 24.9 Å². The van der Waals surface area contributed by atoms with E-state index >= 15 is 0 Å².